The summed E-state index contributed by atoms with van der Waals surface area (Å²) >= 11 is 0. The summed E-state index contributed by atoms with van der Waals surface area (Å²) in [5.41, 5.74) is 0.369. The summed E-state index contributed by atoms with van der Waals surface area (Å²) in [5.74, 6) is 0.0404. The van der Waals surface area contributed by atoms with Gasteiger partial charge in [-0.3, -0.25) is 0 Å². The van der Waals surface area contributed by atoms with Gasteiger partial charge in [0, 0.05) is 12.4 Å². The molecule has 0 spiro atoms. The van der Waals surface area contributed by atoms with E-state index < -0.39 is 0 Å². The van der Waals surface area contributed by atoms with Crippen LogP contribution in [0.2, 0.25) is 0 Å². The van der Waals surface area contributed by atoms with Crippen LogP contribution in [0.3, 0.4) is 0 Å². The molecule has 8 nitrogen and oxygen atoms in total. The molecule has 21 heavy (non-hydrogen) atoms. The largest absolute Gasteiger partial charge is 0.506 e. The number of hydrogen-bond donors (Lipinski definition) is 2. The van der Waals surface area contributed by atoms with Gasteiger partial charge in [-0.05, 0) is 24.3 Å². The number of pyridine rings is 2. The molecular weight excluding hydrogens is 272 g/mol. The van der Waals surface area contributed by atoms with Crippen LogP contribution in [0.1, 0.15) is 7.43 Å². The smallest absolute Gasteiger partial charge is 0.225 e. The van der Waals surface area contributed by atoms with Crippen LogP contribution >= 0.6 is 0 Å². The molecule has 8 heteroatoms. The molecule has 106 valence electrons. The van der Waals surface area contributed by atoms with Crippen LogP contribution in [0, 0.1) is 0 Å². The predicted octanol–water partition coefficient (Wildman–Crippen LogP) is 1.44. The van der Waals surface area contributed by atoms with E-state index in [0.29, 0.717) is 0 Å². The first kappa shape index (κ1) is 14.3. The minimum absolute atomic E-state index is 0. The van der Waals surface area contributed by atoms with Gasteiger partial charge in [-0.2, -0.15) is 0 Å². The third-order valence-corrected chi connectivity index (χ3v) is 2.48. The second-order valence-corrected chi connectivity index (χ2v) is 3.79. The molecule has 0 aliphatic heterocycles. The molecule has 2 N–H and O–H groups in total. The molecule has 0 radical (unpaired) electrons. The van der Waals surface area contributed by atoms with Crippen molar-refractivity contribution >= 4 is 0 Å². The Morgan fingerprint density at radius 3 is 1.38 bits per heavy atom. The van der Waals surface area contributed by atoms with Gasteiger partial charge in [-0.1, -0.05) is 7.43 Å². The van der Waals surface area contributed by atoms with Gasteiger partial charge in [-0.15, -0.1) is 20.4 Å². The average molecular weight is 284 g/mol. The summed E-state index contributed by atoms with van der Waals surface area (Å²) in [6.45, 7) is 0. The molecule has 0 bridgehead atoms. The lowest BCUT2D eigenvalue weighted by Gasteiger charge is -2.02. The minimum Gasteiger partial charge on any atom is -0.506 e. The predicted molar refractivity (Wildman–Crippen MR) is 74.1 cm³/mol. The molecule has 0 amide bonds. The minimum atomic E-state index is -0.0652. The zero-order valence-corrected chi connectivity index (χ0v) is 10.0. The molecule has 0 saturated carbocycles. The van der Waals surface area contributed by atoms with Crippen LogP contribution in [0.5, 0.6) is 11.5 Å². The fourth-order valence-corrected chi connectivity index (χ4v) is 1.56. The third kappa shape index (κ3) is 2.73. The van der Waals surface area contributed by atoms with Gasteiger partial charge in [0.15, 0.2) is 11.4 Å². The lowest BCUT2D eigenvalue weighted by molar-refractivity contribution is 0.472. The van der Waals surface area contributed by atoms with Crippen molar-refractivity contribution in [3.63, 3.8) is 0 Å². The Hall–Kier alpha value is -3.16. The third-order valence-electron chi connectivity index (χ3n) is 2.48. The van der Waals surface area contributed by atoms with Crippen molar-refractivity contribution in [2.75, 3.05) is 0 Å². The normalized spacial score (nSPS) is 9.90. The van der Waals surface area contributed by atoms with Crippen molar-refractivity contribution in [1.29, 1.82) is 0 Å². The molecule has 0 aromatic carbocycles. The van der Waals surface area contributed by atoms with Gasteiger partial charge in [0.25, 0.3) is 0 Å². The van der Waals surface area contributed by atoms with Crippen molar-refractivity contribution in [2.24, 2.45) is 0 Å². The van der Waals surface area contributed by atoms with Crippen LogP contribution in [0.25, 0.3) is 23.0 Å². The lowest BCUT2D eigenvalue weighted by Crippen LogP contribution is -2.01. The van der Waals surface area contributed by atoms with E-state index in [0.717, 1.165) is 0 Å². The Labute approximate surface area is 120 Å². The number of aromatic hydroxyl groups is 2. The first-order valence-electron chi connectivity index (χ1n) is 5.62. The van der Waals surface area contributed by atoms with Crippen LogP contribution in [-0.2, 0) is 0 Å². The van der Waals surface area contributed by atoms with Gasteiger partial charge in [0.05, 0.1) is 0 Å². The molecule has 3 aromatic rings. The highest BCUT2D eigenvalue weighted by molar-refractivity contribution is 5.59. The average Bonchev–Trinajstić information content (AvgIpc) is 2.49. The Morgan fingerprint density at radius 1 is 0.667 bits per heavy atom. The number of hydrogen-bond acceptors (Lipinski definition) is 8. The Kier molecular flexibility index (Phi) is 3.98. The van der Waals surface area contributed by atoms with E-state index in [1.807, 2.05) is 0 Å². The maximum absolute atomic E-state index is 9.64. The number of rotatable bonds is 2. The molecule has 3 rings (SSSR count). The van der Waals surface area contributed by atoms with E-state index in [9.17, 15) is 10.2 Å². The van der Waals surface area contributed by atoms with E-state index >= 15 is 0 Å². The van der Waals surface area contributed by atoms with Crippen LogP contribution in [-0.4, -0.2) is 40.6 Å². The van der Waals surface area contributed by atoms with E-state index in [2.05, 4.69) is 30.4 Å². The second-order valence-electron chi connectivity index (χ2n) is 3.79. The fraction of sp³-hybridized carbons (Fsp3) is 0.0769. The maximum Gasteiger partial charge on any atom is 0.225 e. The van der Waals surface area contributed by atoms with E-state index in [-0.39, 0.29) is 42.0 Å². The topological polar surface area (TPSA) is 118 Å². The molecule has 0 fully saturated rings. The van der Waals surface area contributed by atoms with Crippen LogP contribution in [0.4, 0.5) is 0 Å². The number of nitrogens with zero attached hydrogens (tertiary/aromatic N) is 6. The van der Waals surface area contributed by atoms with Crippen molar-refractivity contribution in [2.45, 2.75) is 7.43 Å². The van der Waals surface area contributed by atoms with Gasteiger partial charge in [0.1, 0.15) is 11.5 Å². The highest BCUT2D eigenvalue weighted by atomic mass is 16.3. The first-order chi connectivity index (χ1) is 9.75. The standard InChI is InChI=1S/C12H8N6O2.CH4/c19-7-3-1-5-13-9(7)11-15-17-12(18-16-11)10-8(20)4-2-6-14-10;/h1-6,19-20H;1H4. The van der Waals surface area contributed by atoms with Gasteiger partial charge in [0.2, 0.25) is 11.6 Å². The van der Waals surface area contributed by atoms with Crippen molar-refractivity contribution in [3.8, 4) is 34.5 Å². The molecule has 0 unspecified atom stereocenters. The molecular formula is C13H12N6O2. The van der Waals surface area contributed by atoms with Crippen LogP contribution < -0.4 is 0 Å². The van der Waals surface area contributed by atoms with Gasteiger partial charge >= 0.3 is 0 Å². The summed E-state index contributed by atoms with van der Waals surface area (Å²) in [5, 5.41) is 34.6. The van der Waals surface area contributed by atoms with Gasteiger partial charge in [-0.25, -0.2) is 9.97 Å². The quantitative estimate of drug-likeness (QED) is 0.725. The lowest BCUT2D eigenvalue weighted by atomic mass is 10.3. The first-order valence-corrected chi connectivity index (χ1v) is 5.62. The SMILES string of the molecule is C.Oc1cccnc1-c1nnc(-c2ncccc2O)nn1. The van der Waals surface area contributed by atoms with Gasteiger partial charge < -0.3 is 10.2 Å². The maximum atomic E-state index is 9.64. The molecule has 3 aromatic heterocycles. The van der Waals surface area contributed by atoms with Crippen molar-refractivity contribution in [1.82, 2.24) is 30.4 Å². The monoisotopic (exact) mass is 284 g/mol. The summed E-state index contributed by atoms with van der Waals surface area (Å²) in [7, 11) is 0. The highest BCUT2D eigenvalue weighted by Crippen LogP contribution is 2.24. The summed E-state index contributed by atoms with van der Waals surface area (Å²) in [6, 6.07) is 6.09. The summed E-state index contributed by atoms with van der Waals surface area (Å²) in [6.07, 6.45) is 2.99. The molecule has 0 saturated heterocycles. The van der Waals surface area contributed by atoms with E-state index in [1.165, 1.54) is 24.5 Å². The summed E-state index contributed by atoms with van der Waals surface area (Å²) in [4.78, 5) is 7.90. The Morgan fingerprint density at radius 2 is 1.05 bits per heavy atom. The van der Waals surface area contributed by atoms with Crippen molar-refractivity contribution < 1.29 is 10.2 Å². The van der Waals surface area contributed by atoms with E-state index in [1.54, 1.807) is 12.1 Å². The van der Waals surface area contributed by atoms with Crippen LogP contribution in [0.15, 0.2) is 36.7 Å². The van der Waals surface area contributed by atoms with E-state index in [4.69, 9.17) is 0 Å². The fourth-order valence-electron chi connectivity index (χ4n) is 1.56. The molecule has 0 atom stereocenters. The highest BCUT2D eigenvalue weighted by Gasteiger charge is 2.13. The zero-order chi connectivity index (χ0) is 13.9. The summed E-state index contributed by atoms with van der Waals surface area (Å²) < 4.78 is 0. The van der Waals surface area contributed by atoms with Crippen molar-refractivity contribution in [3.05, 3.63) is 36.7 Å². The molecule has 3 heterocycles. The number of aromatic nitrogens is 6. The molecule has 0 aliphatic carbocycles. The Balaban J connectivity index is 0.00000161. The molecule has 0 aliphatic rings. The second kappa shape index (κ2) is 5.87. The zero-order valence-electron chi connectivity index (χ0n) is 10.0. The Bertz CT molecular complexity index is 683.